The number of benzene rings is 2. The topological polar surface area (TPSA) is 50.2 Å². The largest absolute Gasteiger partial charge is 0.326 e. The van der Waals surface area contributed by atoms with Gasteiger partial charge in [-0.3, -0.25) is 14.4 Å². The monoisotopic (exact) mass is 406 g/mol. The highest BCUT2D eigenvalue weighted by Gasteiger charge is 2.25. The van der Waals surface area contributed by atoms with Gasteiger partial charge in [0.15, 0.2) is 0 Å². The molecule has 0 atom stereocenters. The number of aromatic nitrogens is 2. The van der Waals surface area contributed by atoms with Crippen LogP contribution >= 0.6 is 0 Å². The molecule has 0 aliphatic carbocycles. The van der Waals surface area contributed by atoms with Gasteiger partial charge in [-0.25, -0.2) is 4.39 Å². The van der Waals surface area contributed by atoms with Crippen LogP contribution in [-0.2, 0) is 18.4 Å². The SMILES string of the molecule is Cc1c(CN2CCC(C(=O)Nc3cccc(-c4cccc(F)c4)c3)CC2)cnn1C. The number of nitrogens with zero attached hydrogens (tertiary/aromatic N) is 3. The van der Waals surface area contributed by atoms with Gasteiger partial charge in [0.1, 0.15) is 5.82 Å². The fourth-order valence-electron chi connectivity index (χ4n) is 3.98. The molecule has 1 aliphatic heterocycles. The van der Waals surface area contributed by atoms with E-state index in [2.05, 4.69) is 22.2 Å². The zero-order chi connectivity index (χ0) is 21.1. The summed E-state index contributed by atoms with van der Waals surface area (Å²) in [6.45, 7) is 4.76. The second-order valence-electron chi connectivity index (χ2n) is 8.01. The van der Waals surface area contributed by atoms with Gasteiger partial charge in [0, 0.05) is 36.5 Å². The summed E-state index contributed by atoms with van der Waals surface area (Å²) in [6, 6.07) is 14.1. The Balaban J connectivity index is 1.34. The summed E-state index contributed by atoms with van der Waals surface area (Å²) in [5.41, 5.74) is 4.86. The predicted molar refractivity (Wildman–Crippen MR) is 116 cm³/mol. The first-order valence-electron chi connectivity index (χ1n) is 10.4. The van der Waals surface area contributed by atoms with Gasteiger partial charge >= 0.3 is 0 Å². The minimum atomic E-state index is -0.268. The minimum Gasteiger partial charge on any atom is -0.326 e. The number of hydrogen-bond acceptors (Lipinski definition) is 3. The summed E-state index contributed by atoms with van der Waals surface area (Å²) in [6.07, 6.45) is 3.61. The third kappa shape index (κ3) is 4.60. The Morgan fingerprint density at radius 2 is 1.83 bits per heavy atom. The third-order valence-electron chi connectivity index (χ3n) is 5.98. The quantitative estimate of drug-likeness (QED) is 0.684. The molecular formula is C24H27FN4O. The van der Waals surface area contributed by atoms with Crippen LogP contribution in [0.5, 0.6) is 0 Å². The van der Waals surface area contributed by atoms with Crippen molar-refractivity contribution in [2.75, 3.05) is 18.4 Å². The highest BCUT2D eigenvalue weighted by atomic mass is 19.1. The minimum absolute atomic E-state index is 0.00840. The van der Waals surface area contributed by atoms with Crippen molar-refractivity contribution < 1.29 is 9.18 Å². The molecule has 1 aliphatic rings. The van der Waals surface area contributed by atoms with Crippen LogP contribution in [0.3, 0.4) is 0 Å². The number of nitrogens with one attached hydrogen (secondary N) is 1. The molecule has 1 amide bonds. The van der Waals surface area contributed by atoms with Gasteiger partial charge in [-0.1, -0.05) is 24.3 Å². The molecule has 1 aromatic heterocycles. The Morgan fingerprint density at radius 1 is 1.13 bits per heavy atom. The van der Waals surface area contributed by atoms with Crippen LogP contribution in [0.1, 0.15) is 24.1 Å². The number of likely N-dealkylation sites (tertiary alicyclic amines) is 1. The number of carbonyl (C=O) groups excluding carboxylic acids is 1. The second kappa shape index (κ2) is 8.79. The molecule has 2 heterocycles. The lowest BCUT2D eigenvalue weighted by Gasteiger charge is -2.31. The molecule has 5 nitrogen and oxygen atoms in total. The van der Waals surface area contributed by atoms with E-state index in [4.69, 9.17) is 0 Å². The third-order valence-corrected chi connectivity index (χ3v) is 5.98. The van der Waals surface area contributed by atoms with Crippen molar-refractivity contribution in [1.82, 2.24) is 14.7 Å². The van der Waals surface area contributed by atoms with Crippen LogP contribution in [0, 0.1) is 18.7 Å². The molecule has 4 rings (SSSR count). The van der Waals surface area contributed by atoms with Gasteiger partial charge in [-0.05, 0) is 68.2 Å². The van der Waals surface area contributed by atoms with Crippen LogP contribution in [0.25, 0.3) is 11.1 Å². The van der Waals surface area contributed by atoms with Gasteiger partial charge in [0.2, 0.25) is 5.91 Å². The summed E-state index contributed by atoms with van der Waals surface area (Å²) in [5, 5.41) is 7.36. The van der Waals surface area contributed by atoms with Crippen molar-refractivity contribution in [3.63, 3.8) is 0 Å². The Hall–Kier alpha value is -2.99. The molecule has 30 heavy (non-hydrogen) atoms. The summed E-state index contributed by atoms with van der Waals surface area (Å²) >= 11 is 0. The Kier molecular flexibility index (Phi) is 5.95. The number of hydrogen-bond donors (Lipinski definition) is 1. The van der Waals surface area contributed by atoms with Gasteiger partial charge in [0.25, 0.3) is 0 Å². The Morgan fingerprint density at radius 3 is 2.50 bits per heavy atom. The molecule has 0 spiro atoms. The first-order valence-corrected chi connectivity index (χ1v) is 10.4. The maximum Gasteiger partial charge on any atom is 0.227 e. The summed E-state index contributed by atoms with van der Waals surface area (Å²) < 4.78 is 15.4. The summed E-state index contributed by atoms with van der Waals surface area (Å²) in [4.78, 5) is 15.2. The Labute approximate surface area is 176 Å². The fraction of sp³-hybridized carbons (Fsp3) is 0.333. The van der Waals surface area contributed by atoms with Crippen molar-refractivity contribution in [2.24, 2.45) is 13.0 Å². The molecule has 156 valence electrons. The van der Waals surface area contributed by atoms with Crippen molar-refractivity contribution in [2.45, 2.75) is 26.3 Å². The maximum atomic E-state index is 13.5. The van der Waals surface area contributed by atoms with E-state index in [1.54, 1.807) is 6.07 Å². The molecular weight excluding hydrogens is 379 g/mol. The first-order chi connectivity index (χ1) is 14.5. The van der Waals surface area contributed by atoms with E-state index in [1.165, 1.54) is 23.4 Å². The molecule has 1 N–H and O–H groups in total. The molecule has 3 aromatic rings. The number of rotatable bonds is 5. The number of aryl methyl sites for hydroxylation is 1. The zero-order valence-corrected chi connectivity index (χ0v) is 17.4. The van der Waals surface area contributed by atoms with Gasteiger partial charge < -0.3 is 5.32 Å². The highest BCUT2D eigenvalue weighted by molar-refractivity contribution is 5.93. The zero-order valence-electron chi connectivity index (χ0n) is 17.4. The van der Waals surface area contributed by atoms with Crippen LogP contribution < -0.4 is 5.32 Å². The Bertz CT molecular complexity index is 1040. The highest BCUT2D eigenvalue weighted by Crippen LogP contribution is 2.25. The van der Waals surface area contributed by atoms with Crippen LogP contribution in [0.2, 0.25) is 0 Å². The number of carbonyl (C=O) groups is 1. The van der Waals surface area contributed by atoms with Gasteiger partial charge in [-0.15, -0.1) is 0 Å². The first kappa shape index (κ1) is 20.3. The second-order valence-corrected chi connectivity index (χ2v) is 8.01. The van der Waals surface area contributed by atoms with E-state index in [1.807, 2.05) is 48.3 Å². The number of anilines is 1. The lowest BCUT2D eigenvalue weighted by Crippen LogP contribution is -2.37. The molecule has 1 saturated heterocycles. The van der Waals surface area contributed by atoms with Gasteiger partial charge in [0.05, 0.1) is 6.20 Å². The van der Waals surface area contributed by atoms with E-state index in [-0.39, 0.29) is 17.6 Å². The lowest BCUT2D eigenvalue weighted by atomic mass is 9.95. The standard InChI is InChI=1S/C24H27FN4O/c1-17-21(15-26-28(17)2)16-29-11-9-18(10-12-29)24(30)27-23-8-4-6-20(14-23)19-5-3-7-22(25)13-19/h3-8,13-15,18H,9-12,16H2,1-2H3,(H,27,30). The van der Waals surface area contributed by atoms with Gasteiger partial charge in [-0.2, -0.15) is 5.10 Å². The lowest BCUT2D eigenvalue weighted by molar-refractivity contribution is -0.121. The number of piperidine rings is 1. The molecule has 0 unspecified atom stereocenters. The van der Waals surface area contributed by atoms with E-state index in [0.717, 1.165) is 49.3 Å². The van der Waals surface area contributed by atoms with E-state index < -0.39 is 0 Å². The molecule has 1 fully saturated rings. The van der Waals surface area contributed by atoms with Crippen LogP contribution in [0.4, 0.5) is 10.1 Å². The molecule has 6 heteroatoms. The molecule has 2 aromatic carbocycles. The average Bonchev–Trinajstić information content (AvgIpc) is 3.06. The van der Waals surface area contributed by atoms with Crippen molar-refractivity contribution in [1.29, 1.82) is 0 Å². The number of amides is 1. The summed E-state index contributed by atoms with van der Waals surface area (Å²) in [5.74, 6) is -0.201. The maximum absolute atomic E-state index is 13.5. The van der Waals surface area contributed by atoms with Crippen molar-refractivity contribution in [3.8, 4) is 11.1 Å². The smallest absolute Gasteiger partial charge is 0.227 e. The van der Waals surface area contributed by atoms with E-state index in [0.29, 0.717) is 0 Å². The summed E-state index contributed by atoms with van der Waals surface area (Å²) in [7, 11) is 1.96. The molecule has 0 radical (unpaired) electrons. The van der Waals surface area contributed by atoms with Crippen molar-refractivity contribution >= 4 is 11.6 Å². The average molecular weight is 407 g/mol. The van der Waals surface area contributed by atoms with Crippen LogP contribution in [0.15, 0.2) is 54.7 Å². The van der Waals surface area contributed by atoms with Crippen molar-refractivity contribution in [3.05, 3.63) is 71.8 Å². The number of halogens is 1. The molecule has 0 saturated carbocycles. The normalized spacial score (nSPS) is 15.3. The predicted octanol–water partition coefficient (Wildman–Crippen LogP) is 4.39. The van der Waals surface area contributed by atoms with Crippen LogP contribution in [-0.4, -0.2) is 33.7 Å². The molecule has 0 bridgehead atoms. The van der Waals surface area contributed by atoms with E-state index >= 15 is 0 Å². The fourth-order valence-corrected chi connectivity index (χ4v) is 3.98. The van der Waals surface area contributed by atoms with E-state index in [9.17, 15) is 9.18 Å².